The third-order valence-corrected chi connectivity index (χ3v) is 4.56. The van der Waals surface area contributed by atoms with Crippen molar-refractivity contribution in [3.63, 3.8) is 0 Å². The maximum atomic E-state index is 12.5. The number of aromatic nitrogens is 1. The van der Waals surface area contributed by atoms with E-state index in [1.807, 2.05) is 54.6 Å². The summed E-state index contributed by atoms with van der Waals surface area (Å²) in [6.45, 7) is 0. The number of carbonyl (C=O) groups is 1. The van der Waals surface area contributed by atoms with Crippen molar-refractivity contribution < 1.29 is 14.3 Å². The highest BCUT2D eigenvalue weighted by Gasteiger charge is 2.24. The Labute approximate surface area is 173 Å². The number of hydrogen-bond donors (Lipinski definition) is 2. The van der Waals surface area contributed by atoms with Gasteiger partial charge in [0.25, 0.3) is 5.91 Å². The second-order valence-electron chi connectivity index (χ2n) is 6.82. The molecule has 0 saturated carbocycles. The van der Waals surface area contributed by atoms with E-state index in [0.717, 1.165) is 17.7 Å². The SMILES string of the molecule is Cn1cc(NC(=O)C2=COC(c3cccc(OC4=CCC=CC=C4)c3)N2)ccc1=O. The fraction of sp³-hybridized carbons (Fsp3) is 0.130. The number of anilines is 1. The molecule has 2 N–H and O–H groups in total. The molecular weight excluding hydrogens is 382 g/mol. The van der Waals surface area contributed by atoms with Crippen molar-refractivity contribution in [3.05, 3.63) is 107 Å². The Morgan fingerprint density at radius 2 is 2.17 bits per heavy atom. The van der Waals surface area contributed by atoms with E-state index in [1.54, 1.807) is 19.3 Å². The molecule has 30 heavy (non-hydrogen) atoms. The molecule has 2 aromatic rings. The molecular formula is C23H21N3O4. The van der Waals surface area contributed by atoms with E-state index in [4.69, 9.17) is 9.47 Å². The number of ether oxygens (including phenoxy) is 2. The van der Waals surface area contributed by atoms with Gasteiger partial charge in [-0.2, -0.15) is 0 Å². The average Bonchev–Trinajstić information content (AvgIpc) is 3.10. The minimum Gasteiger partial charge on any atom is -0.472 e. The monoisotopic (exact) mass is 403 g/mol. The van der Waals surface area contributed by atoms with Gasteiger partial charge in [0, 0.05) is 24.9 Å². The highest BCUT2D eigenvalue weighted by atomic mass is 16.5. The van der Waals surface area contributed by atoms with Crippen LogP contribution < -0.4 is 20.9 Å². The van der Waals surface area contributed by atoms with Gasteiger partial charge in [0.05, 0.1) is 5.69 Å². The zero-order chi connectivity index (χ0) is 20.9. The number of amides is 1. The molecule has 1 amide bonds. The van der Waals surface area contributed by atoms with Gasteiger partial charge in [-0.25, -0.2) is 0 Å². The van der Waals surface area contributed by atoms with E-state index in [0.29, 0.717) is 17.1 Å². The molecule has 0 saturated heterocycles. The van der Waals surface area contributed by atoms with Gasteiger partial charge in [0.15, 0.2) is 6.23 Å². The van der Waals surface area contributed by atoms with Crippen molar-refractivity contribution in [2.45, 2.75) is 12.6 Å². The molecule has 2 aliphatic rings. The zero-order valence-corrected chi connectivity index (χ0v) is 16.4. The predicted octanol–water partition coefficient (Wildman–Crippen LogP) is 3.26. The summed E-state index contributed by atoms with van der Waals surface area (Å²) in [6, 6.07) is 10.5. The Bertz CT molecular complexity index is 1140. The first-order chi connectivity index (χ1) is 14.6. The van der Waals surface area contributed by atoms with Gasteiger partial charge >= 0.3 is 0 Å². The first kappa shape index (κ1) is 19.3. The molecule has 7 heteroatoms. The van der Waals surface area contributed by atoms with Crippen LogP contribution in [-0.4, -0.2) is 10.5 Å². The maximum Gasteiger partial charge on any atom is 0.275 e. The van der Waals surface area contributed by atoms with Crippen molar-refractivity contribution in [1.29, 1.82) is 0 Å². The average molecular weight is 403 g/mol. The number of benzene rings is 1. The summed E-state index contributed by atoms with van der Waals surface area (Å²) in [5.74, 6) is 1.09. The van der Waals surface area contributed by atoms with Crippen LogP contribution in [0.2, 0.25) is 0 Å². The topological polar surface area (TPSA) is 81.6 Å². The third kappa shape index (κ3) is 4.52. The van der Waals surface area contributed by atoms with Crippen LogP contribution in [0.4, 0.5) is 5.69 Å². The first-order valence-corrected chi connectivity index (χ1v) is 9.50. The Morgan fingerprint density at radius 3 is 3.03 bits per heavy atom. The third-order valence-electron chi connectivity index (χ3n) is 4.56. The highest BCUT2D eigenvalue weighted by Crippen LogP contribution is 2.26. The summed E-state index contributed by atoms with van der Waals surface area (Å²) in [5.41, 5.74) is 1.48. The second-order valence-corrected chi connectivity index (χ2v) is 6.82. The summed E-state index contributed by atoms with van der Waals surface area (Å²) >= 11 is 0. The lowest BCUT2D eigenvalue weighted by atomic mass is 10.2. The van der Waals surface area contributed by atoms with Gasteiger partial charge in [0.2, 0.25) is 5.56 Å². The molecule has 1 aliphatic carbocycles. The lowest BCUT2D eigenvalue weighted by Crippen LogP contribution is -2.25. The summed E-state index contributed by atoms with van der Waals surface area (Å²) in [7, 11) is 1.62. The normalized spacial score (nSPS) is 17.3. The molecule has 2 heterocycles. The first-order valence-electron chi connectivity index (χ1n) is 9.50. The molecule has 1 aliphatic heterocycles. The molecule has 1 unspecified atom stereocenters. The summed E-state index contributed by atoms with van der Waals surface area (Å²) in [4.78, 5) is 24.0. The van der Waals surface area contributed by atoms with E-state index in [2.05, 4.69) is 10.6 Å². The summed E-state index contributed by atoms with van der Waals surface area (Å²) in [6.07, 6.45) is 13.1. The number of carbonyl (C=O) groups excluding carboxylic acids is 1. The van der Waals surface area contributed by atoms with Gasteiger partial charge in [-0.1, -0.05) is 30.4 Å². The molecule has 1 aromatic carbocycles. The van der Waals surface area contributed by atoms with Crippen molar-refractivity contribution in [2.24, 2.45) is 7.05 Å². The summed E-state index contributed by atoms with van der Waals surface area (Å²) < 4.78 is 13.0. The molecule has 7 nitrogen and oxygen atoms in total. The van der Waals surface area contributed by atoms with Gasteiger partial charge in [-0.05, 0) is 36.8 Å². The standard InChI is InChI=1S/C23H21N3O4/c1-26-14-17(11-12-21(26)27)24-22(28)20-15-29-23(25-20)16-7-6-10-19(13-16)30-18-8-4-2-3-5-9-18/h2-4,6-15,23,25H,5H2,1H3,(H,24,28). The molecule has 4 rings (SSSR count). The van der Waals surface area contributed by atoms with Gasteiger partial charge < -0.3 is 24.7 Å². The maximum absolute atomic E-state index is 12.5. The van der Waals surface area contributed by atoms with Crippen LogP contribution in [0.25, 0.3) is 0 Å². The van der Waals surface area contributed by atoms with Gasteiger partial charge in [0.1, 0.15) is 23.5 Å². The fourth-order valence-electron chi connectivity index (χ4n) is 3.01. The van der Waals surface area contributed by atoms with Crippen LogP contribution in [0.5, 0.6) is 5.75 Å². The molecule has 1 atom stereocenters. The Morgan fingerprint density at radius 1 is 1.27 bits per heavy atom. The largest absolute Gasteiger partial charge is 0.472 e. The number of pyridine rings is 1. The van der Waals surface area contributed by atoms with Crippen molar-refractivity contribution >= 4 is 11.6 Å². The fourth-order valence-corrected chi connectivity index (χ4v) is 3.01. The molecule has 0 spiro atoms. The van der Waals surface area contributed by atoms with Crippen molar-refractivity contribution in [3.8, 4) is 5.75 Å². The smallest absolute Gasteiger partial charge is 0.275 e. The predicted molar refractivity (Wildman–Crippen MR) is 113 cm³/mol. The van der Waals surface area contributed by atoms with Gasteiger partial charge in [-0.15, -0.1) is 0 Å². The highest BCUT2D eigenvalue weighted by molar-refractivity contribution is 6.03. The van der Waals surface area contributed by atoms with Crippen molar-refractivity contribution in [2.75, 3.05) is 5.32 Å². The van der Waals surface area contributed by atoms with E-state index in [1.165, 1.54) is 16.9 Å². The minimum absolute atomic E-state index is 0.150. The van der Waals surface area contributed by atoms with Crippen molar-refractivity contribution in [1.82, 2.24) is 9.88 Å². The van der Waals surface area contributed by atoms with Crippen LogP contribution in [0.3, 0.4) is 0 Å². The summed E-state index contributed by atoms with van der Waals surface area (Å²) in [5, 5.41) is 5.80. The lowest BCUT2D eigenvalue weighted by Gasteiger charge is -2.15. The number of hydrogen-bond acceptors (Lipinski definition) is 5. The Balaban J connectivity index is 1.40. The second kappa shape index (κ2) is 8.57. The van der Waals surface area contributed by atoms with Gasteiger partial charge in [-0.3, -0.25) is 9.59 Å². The number of rotatable bonds is 5. The van der Waals surface area contributed by atoms with Crippen LogP contribution >= 0.6 is 0 Å². The molecule has 0 bridgehead atoms. The van der Waals surface area contributed by atoms with Crippen LogP contribution in [0.1, 0.15) is 18.2 Å². The van der Waals surface area contributed by atoms with Crippen LogP contribution in [-0.2, 0) is 16.6 Å². The van der Waals surface area contributed by atoms with E-state index >= 15 is 0 Å². The molecule has 152 valence electrons. The van der Waals surface area contributed by atoms with E-state index in [-0.39, 0.29) is 11.5 Å². The van der Waals surface area contributed by atoms with E-state index in [9.17, 15) is 9.59 Å². The minimum atomic E-state index is -0.505. The lowest BCUT2D eigenvalue weighted by molar-refractivity contribution is -0.113. The number of nitrogens with zero attached hydrogens (tertiary/aromatic N) is 1. The number of nitrogens with one attached hydrogen (secondary N) is 2. The Hall–Kier alpha value is -4.00. The molecule has 1 aromatic heterocycles. The van der Waals surface area contributed by atoms with E-state index < -0.39 is 6.23 Å². The number of allylic oxidation sites excluding steroid dienone is 5. The van der Waals surface area contributed by atoms with Crippen LogP contribution in [0, 0.1) is 0 Å². The molecule has 0 fully saturated rings. The molecule has 0 radical (unpaired) electrons. The zero-order valence-electron chi connectivity index (χ0n) is 16.4. The Kier molecular flexibility index (Phi) is 5.52. The quantitative estimate of drug-likeness (QED) is 0.801. The van der Waals surface area contributed by atoms with Crippen LogP contribution in [0.15, 0.2) is 95.5 Å². The number of aryl methyl sites for hydroxylation is 1.